The van der Waals surface area contributed by atoms with E-state index in [2.05, 4.69) is 25.6 Å². The second-order valence-corrected chi connectivity index (χ2v) is 4.70. The zero-order valence-corrected chi connectivity index (χ0v) is 12.2. The summed E-state index contributed by atoms with van der Waals surface area (Å²) in [6.07, 6.45) is 4.90. The van der Waals surface area contributed by atoms with Crippen molar-refractivity contribution in [1.82, 2.24) is 15.0 Å². The van der Waals surface area contributed by atoms with Gasteiger partial charge in [0.05, 0.1) is 13.2 Å². The average molecular weight is 281 g/mol. The quantitative estimate of drug-likeness (QED) is 0.787. The summed E-state index contributed by atoms with van der Waals surface area (Å²) in [6, 6.07) is 0.312. The van der Waals surface area contributed by atoms with E-state index in [-0.39, 0.29) is 0 Å². The first kappa shape index (κ1) is 14.8. The van der Waals surface area contributed by atoms with E-state index in [1.54, 1.807) is 7.11 Å². The Balaban J connectivity index is 1.85. The molecule has 20 heavy (non-hydrogen) atoms. The SMILES string of the molecule is CCNc1nc(NCCC2CCCCO2)nc(OC)n1. The summed E-state index contributed by atoms with van der Waals surface area (Å²) in [5.41, 5.74) is 0. The Morgan fingerprint density at radius 1 is 1.20 bits per heavy atom. The molecule has 0 aliphatic carbocycles. The van der Waals surface area contributed by atoms with Crippen LogP contribution in [0.15, 0.2) is 0 Å². The van der Waals surface area contributed by atoms with Crippen molar-refractivity contribution in [2.24, 2.45) is 0 Å². The molecule has 2 N–H and O–H groups in total. The van der Waals surface area contributed by atoms with E-state index in [0.29, 0.717) is 24.0 Å². The van der Waals surface area contributed by atoms with Gasteiger partial charge in [-0.3, -0.25) is 0 Å². The fourth-order valence-electron chi connectivity index (χ4n) is 2.14. The van der Waals surface area contributed by atoms with Gasteiger partial charge in [0, 0.05) is 19.7 Å². The van der Waals surface area contributed by atoms with Crippen LogP contribution in [0.3, 0.4) is 0 Å². The molecular formula is C13H23N5O2. The van der Waals surface area contributed by atoms with Crippen LogP contribution in [-0.2, 0) is 4.74 Å². The molecule has 2 rings (SSSR count). The highest BCUT2D eigenvalue weighted by Gasteiger charge is 2.13. The molecule has 1 aromatic rings. The van der Waals surface area contributed by atoms with E-state index in [0.717, 1.165) is 32.5 Å². The molecule has 2 heterocycles. The maximum absolute atomic E-state index is 5.69. The highest BCUT2D eigenvalue weighted by Crippen LogP contribution is 2.16. The van der Waals surface area contributed by atoms with Gasteiger partial charge in [-0.2, -0.15) is 15.0 Å². The van der Waals surface area contributed by atoms with Crippen molar-refractivity contribution in [3.63, 3.8) is 0 Å². The molecule has 1 fully saturated rings. The number of nitrogens with one attached hydrogen (secondary N) is 2. The second kappa shape index (κ2) is 7.84. The molecule has 0 spiro atoms. The fraction of sp³-hybridized carbons (Fsp3) is 0.769. The molecule has 0 aromatic carbocycles. The normalized spacial score (nSPS) is 18.6. The first-order valence-corrected chi connectivity index (χ1v) is 7.21. The van der Waals surface area contributed by atoms with Gasteiger partial charge in [-0.1, -0.05) is 0 Å². The van der Waals surface area contributed by atoms with Crippen LogP contribution in [0, 0.1) is 0 Å². The van der Waals surface area contributed by atoms with Gasteiger partial charge >= 0.3 is 6.01 Å². The van der Waals surface area contributed by atoms with Crippen LogP contribution in [0.25, 0.3) is 0 Å². The van der Waals surface area contributed by atoms with Gasteiger partial charge in [0.1, 0.15) is 0 Å². The van der Waals surface area contributed by atoms with Crippen molar-refractivity contribution in [1.29, 1.82) is 0 Å². The van der Waals surface area contributed by atoms with Crippen molar-refractivity contribution >= 4 is 11.9 Å². The Labute approximate surface area is 119 Å². The number of methoxy groups -OCH3 is 1. The topological polar surface area (TPSA) is 81.2 Å². The summed E-state index contributed by atoms with van der Waals surface area (Å²) >= 11 is 0. The number of ether oxygens (including phenoxy) is 2. The summed E-state index contributed by atoms with van der Waals surface area (Å²) in [5.74, 6) is 1.05. The number of aromatic nitrogens is 3. The van der Waals surface area contributed by atoms with E-state index in [1.165, 1.54) is 12.8 Å². The standard InChI is InChI=1S/C13H23N5O2/c1-3-14-11-16-12(18-13(17-11)19-2)15-8-7-10-6-4-5-9-20-10/h10H,3-9H2,1-2H3,(H2,14,15,16,17,18). The molecule has 1 atom stereocenters. The van der Waals surface area contributed by atoms with Crippen LogP contribution in [-0.4, -0.2) is 47.9 Å². The largest absolute Gasteiger partial charge is 0.467 e. The van der Waals surface area contributed by atoms with Crippen LogP contribution < -0.4 is 15.4 Å². The minimum Gasteiger partial charge on any atom is -0.467 e. The molecule has 1 unspecified atom stereocenters. The molecule has 0 amide bonds. The minimum atomic E-state index is 0.312. The third-order valence-corrected chi connectivity index (χ3v) is 3.16. The molecule has 0 bridgehead atoms. The first-order valence-electron chi connectivity index (χ1n) is 7.21. The maximum Gasteiger partial charge on any atom is 0.322 e. The third kappa shape index (κ3) is 4.48. The number of rotatable bonds is 7. The molecule has 1 aliphatic rings. The van der Waals surface area contributed by atoms with E-state index >= 15 is 0 Å². The lowest BCUT2D eigenvalue weighted by atomic mass is 10.1. The molecule has 7 nitrogen and oxygen atoms in total. The second-order valence-electron chi connectivity index (χ2n) is 4.70. The van der Waals surface area contributed by atoms with Crippen LogP contribution in [0.5, 0.6) is 6.01 Å². The summed E-state index contributed by atoms with van der Waals surface area (Å²) in [7, 11) is 1.55. The molecule has 112 valence electrons. The zero-order valence-electron chi connectivity index (χ0n) is 12.2. The molecule has 1 aliphatic heterocycles. The molecular weight excluding hydrogens is 258 g/mol. The lowest BCUT2D eigenvalue weighted by molar-refractivity contribution is 0.0134. The van der Waals surface area contributed by atoms with Gasteiger partial charge in [0.2, 0.25) is 11.9 Å². The molecule has 0 radical (unpaired) electrons. The van der Waals surface area contributed by atoms with Crippen LogP contribution in [0.1, 0.15) is 32.6 Å². The zero-order chi connectivity index (χ0) is 14.2. The predicted octanol–water partition coefficient (Wildman–Crippen LogP) is 1.68. The van der Waals surface area contributed by atoms with Crippen LogP contribution >= 0.6 is 0 Å². The number of nitrogens with zero attached hydrogens (tertiary/aromatic N) is 3. The Kier molecular flexibility index (Phi) is 5.79. The van der Waals surface area contributed by atoms with Crippen molar-refractivity contribution < 1.29 is 9.47 Å². The van der Waals surface area contributed by atoms with Crippen LogP contribution in [0.2, 0.25) is 0 Å². The Morgan fingerprint density at radius 2 is 2.00 bits per heavy atom. The van der Waals surface area contributed by atoms with Crippen molar-refractivity contribution in [3.8, 4) is 6.01 Å². The highest BCUT2D eigenvalue weighted by atomic mass is 16.5. The molecule has 1 aromatic heterocycles. The summed E-state index contributed by atoms with van der Waals surface area (Å²) < 4.78 is 10.8. The van der Waals surface area contributed by atoms with Gasteiger partial charge in [-0.25, -0.2) is 0 Å². The number of hydrogen-bond acceptors (Lipinski definition) is 7. The Bertz CT molecular complexity index is 410. The van der Waals surface area contributed by atoms with Gasteiger partial charge in [0.15, 0.2) is 0 Å². The summed E-state index contributed by atoms with van der Waals surface area (Å²) in [6.45, 7) is 4.41. The van der Waals surface area contributed by atoms with Gasteiger partial charge in [0.25, 0.3) is 0 Å². The Morgan fingerprint density at radius 3 is 2.65 bits per heavy atom. The lowest BCUT2D eigenvalue weighted by Gasteiger charge is -2.22. The highest BCUT2D eigenvalue weighted by molar-refractivity contribution is 5.35. The molecule has 1 saturated heterocycles. The van der Waals surface area contributed by atoms with Crippen molar-refractivity contribution in [2.75, 3.05) is 37.4 Å². The van der Waals surface area contributed by atoms with Gasteiger partial charge < -0.3 is 20.1 Å². The van der Waals surface area contributed by atoms with Crippen LogP contribution in [0.4, 0.5) is 11.9 Å². The van der Waals surface area contributed by atoms with Crippen molar-refractivity contribution in [3.05, 3.63) is 0 Å². The Hall–Kier alpha value is -1.63. The maximum atomic E-state index is 5.69. The fourth-order valence-corrected chi connectivity index (χ4v) is 2.14. The smallest absolute Gasteiger partial charge is 0.322 e. The summed E-state index contributed by atoms with van der Waals surface area (Å²) in [5, 5.41) is 6.26. The minimum absolute atomic E-state index is 0.312. The summed E-state index contributed by atoms with van der Waals surface area (Å²) in [4.78, 5) is 12.6. The van der Waals surface area contributed by atoms with Gasteiger partial charge in [-0.05, 0) is 32.6 Å². The van der Waals surface area contributed by atoms with E-state index < -0.39 is 0 Å². The lowest BCUT2D eigenvalue weighted by Crippen LogP contribution is -2.22. The third-order valence-electron chi connectivity index (χ3n) is 3.16. The number of hydrogen-bond donors (Lipinski definition) is 2. The molecule has 0 saturated carbocycles. The van der Waals surface area contributed by atoms with E-state index in [9.17, 15) is 0 Å². The van der Waals surface area contributed by atoms with Gasteiger partial charge in [-0.15, -0.1) is 0 Å². The number of anilines is 2. The van der Waals surface area contributed by atoms with E-state index in [1.807, 2.05) is 6.92 Å². The van der Waals surface area contributed by atoms with E-state index in [4.69, 9.17) is 9.47 Å². The first-order chi connectivity index (χ1) is 9.81. The van der Waals surface area contributed by atoms with Crippen molar-refractivity contribution in [2.45, 2.75) is 38.7 Å². The molecule has 7 heteroatoms. The predicted molar refractivity (Wildman–Crippen MR) is 77.2 cm³/mol. The average Bonchev–Trinajstić information content (AvgIpc) is 2.48. The monoisotopic (exact) mass is 281 g/mol.